The van der Waals surface area contributed by atoms with E-state index in [1.807, 2.05) is 0 Å². The summed E-state index contributed by atoms with van der Waals surface area (Å²) in [7, 11) is 0. The lowest BCUT2D eigenvalue weighted by Crippen LogP contribution is -2.56. The Morgan fingerprint density at radius 2 is 1.97 bits per heavy atom. The fraction of sp³-hybridized carbons (Fsp3) is 0.529. The predicted molar refractivity (Wildman–Crippen MR) is 99.8 cm³/mol. The molecule has 0 unspecified atom stereocenters. The van der Waals surface area contributed by atoms with Crippen LogP contribution in [0.2, 0.25) is 0 Å². The summed E-state index contributed by atoms with van der Waals surface area (Å²) in [5, 5.41) is 23.1. The molecule has 3 atom stereocenters. The third kappa shape index (κ3) is 6.01. The van der Waals surface area contributed by atoms with Crippen LogP contribution in [0.25, 0.3) is 0 Å². The van der Waals surface area contributed by atoms with Gasteiger partial charge in [0.1, 0.15) is 18.1 Å². The van der Waals surface area contributed by atoms with Gasteiger partial charge in [-0.2, -0.15) is 0 Å². The van der Waals surface area contributed by atoms with Gasteiger partial charge in [-0.15, -0.1) is 0 Å². The quantitative estimate of drug-likeness (QED) is 0.233. The van der Waals surface area contributed by atoms with Crippen molar-refractivity contribution >= 4 is 29.7 Å². The Morgan fingerprint density at radius 3 is 2.53 bits per heavy atom. The van der Waals surface area contributed by atoms with Crippen LogP contribution in [0.3, 0.4) is 0 Å². The highest BCUT2D eigenvalue weighted by Crippen LogP contribution is 2.20. The molecule has 7 N–H and O–H groups in total. The number of nitrogens with one attached hydrogen (secondary N) is 3. The van der Waals surface area contributed by atoms with Crippen molar-refractivity contribution in [1.82, 2.24) is 25.5 Å². The maximum absolute atomic E-state index is 12.8. The number of carbonyl (C=O) groups is 5. The molecule has 0 saturated carbocycles. The Hall–Kier alpha value is -3.48. The summed E-state index contributed by atoms with van der Waals surface area (Å²) < 4.78 is 0. The second-order valence-electron chi connectivity index (χ2n) is 6.79. The zero-order chi connectivity index (χ0) is 22.3. The van der Waals surface area contributed by atoms with Gasteiger partial charge in [0.2, 0.25) is 17.7 Å². The Balaban J connectivity index is 2.10. The van der Waals surface area contributed by atoms with Crippen LogP contribution in [-0.2, 0) is 30.4 Å². The van der Waals surface area contributed by atoms with E-state index in [4.69, 9.17) is 10.8 Å². The van der Waals surface area contributed by atoms with Crippen molar-refractivity contribution in [2.24, 2.45) is 5.73 Å². The number of carboxylic acid groups (broad SMARTS) is 2. The molecule has 1 aromatic rings. The van der Waals surface area contributed by atoms with Gasteiger partial charge in [0.05, 0.1) is 19.3 Å². The second-order valence-corrected chi connectivity index (χ2v) is 6.79. The molecule has 3 amide bonds. The van der Waals surface area contributed by atoms with Crippen molar-refractivity contribution in [3.63, 3.8) is 0 Å². The minimum absolute atomic E-state index is 0.0318. The maximum atomic E-state index is 12.8. The van der Waals surface area contributed by atoms with E-state index in [1.165, 1.54) is 12.5 Å². The zero-order valence-corrected chi connectivity index (χ0v) is 16.0. The molecule has 1 aliphatic rings. The van der Waals surface area contributed by atoms with Crippen LogP contribution in [0.1, 0.15) is 25.0 Å². The number of carbonyl (C=O) groups excluding carboxylic acids is 3. The molecule has 1 aliphatic heterocycles. The number of hydrogen-bond donors (Lipinski definition) is 6. The summed E-state index contributed by atoms with van der Waals surface area (Å²) in [5.41, 5.74) is 5.72. The van der Waals surface area contributed by atoms with Gasteiger partial charge >= 0.3 is 11.9 Å². The zero-order valence-electron chi connectivity index (χ0n) is 16.0. The lowest BCUT2D eigenvalue weighted by molar-refractivity contribution is -0.147. The molecule has 0 aliphatic carbocycles. The van der Waals surface area contributed by atoms with E-state index >= 15 is 0 Å². The number of rotatable bonds is 10. The molecule has 164 valence electrons. The normalized spacial score (nSPS) is 17.8. The Labute approximate surface area is 171 Å². The Kier molecular flexibility index (Phi) is 7.86. The van der Waals surface area contributed by atoms with E-state index in [-0.39, 0.29) is 19.4 Å². The molecule has 30 heavy (non-hydrogen) atoms. The molecule has 0 radical (unpaired) electrons. The van der Waals surface area contributed by atoms with Gasteiger partial charge < -0.3 is 36.5 Å². The molecule has 0 bridgehead atoms. The first-order valence-electron chi connectivity index (χ1n) is 9.25. The summed E-state index contributed by atoms with van der Waals surface area (Å²) in [6.07, 6.45) is 2.85. The summed E-state index contributed by atoms with van der Waals surface area (Å²) >= 11 is 0. The molecule has 0 aromatic carbocycles. The smallest absolute Gasteiger partial charge is 0.326 e. The summed E-state index contributed by atoms with van der Waals surface area (Å²) in [5.74, 6) is -4.69. The molecule has 13 nitrogen and oxygen atoms in total. The lowest BCUT2D eigenvalue weighted by Gasteiger charge is -2.29. The number of aliphatic carboxylic acids is 2. The number of hydrogen-bond acceptors (Lipinski definition) is 7. The molecule has 2 heterocycles. The highest BCUT2D eigenvalue weighted by atomic mass is 16.4. The van der Waals surface area contributed by atoms with Gasteiger partial charge in [0.25, 0.3) is 0 Å². The first kappa shape index (κ1) is 22.8. The van der Waals surface area contributed by atoms with Crippen LogP contribution in [-0.4, -0.2) is 86.0 Å². The number of amides is 3. The van der Waals surface area contributed by atoms with Crippen molar-refractivity contribution in [3.05, 3.63) is 18.2 Å². The van der Waals surface area contributed by atoms with Crippen LogP contribution in [0, 0.1) is 0 Å². The van der Waals surface area contributed by atoms with E-state index in [0.717, 1.165) is 4.90 Å². The molecule has 1 aromatic heterocycles. The minimum atomic E-state index is -1.38. The van der Waals surface area contributed by atoms with Gasteiger partial charge in [-0.3, -0.25) is 19.2 Å². The van der Waals surface area contributed by atoms with Gasteiger partial charge in [-0.05, 0) is 12.8 Å². The molecular formula is C17H24N6O7. The van der Waals surface area contributed by atoms with Crippen molar-refractivity contribution in [2.75, 3.05) is 13.1 Å². The monoisotopic (exact) mass is 424 g/mol. The van der Waals surface area contributed by atoms with Crippen molar-refractivity contribution in [1.29, 1.82) is 0 Å². The summed E-state index contributed by atoms with van der Waals surface area (Å²) in [4.78, 5) is 67.4. The van der Waals surface area contributed by atoms with Gasteiger partial charge in [-0.1, -0.05) is 0 Å². The standard InChI is InChI=1S/C17H24N6O7/c18-6-13(24)21-10(5-14(25)26)16(28)23-3-1-2-12(23)15(27)22-11(17(29)30)4-9-7-19-8-20-9/h7-8,10-12H,1-6,18H2,(H,19,20)(H,21,24)(H,22,27)(H,25,26)(H,29,30)/t10-,11-,12-/m0/s1. The number of carboxylic acids is 2. The van der Waals surface area contributed by atoms with Crippen LogP contribution < -0.4 is 16.4 Å². The first-order valence-corrected chi connectivity index (χ1v) is 9.25. The largest absolute Gasteiger partial charge is 0.481 e. The SMILES string of the molecule is NCC(=O)N[C@@H](CC(=O)O)C(=O)N1CCC[C@H]1C(=O)N[C@@H](Cc1cnc[nH]1)C(=O)O. The van der Waals surface area contributed by atoms with Crippen LogP contribution >= 0.6 is 0 Å². The summed E-state index contributed by atoms with van der Waals surface area (Å²) in [6.45, 7) is -0.259. The number of H-pyrrole nitrogens is 1. The Morgan fingerprint density at radius 1 is 1.23 bits per heavy atom. The van der Waals surface area contributed by atoms with Crippen LogP contribution in [0.15, 0.2) is 12.5 Å². The molecule has 1 fully saturated rings. The second kappa shape index (κ2) is 10.3. The van der Waals surface area contributed by atoms with E-state index in [2.05, 4.69) is 20.6 Å². The molecule has 2 rings (SSSR count). The highest BCUT2D eigenvalue weighted by molar-refractivity contribution is 5.95. The van der Waals surface area contributed by atoms with Gasteiger partial charge in [0, 0.05) is 24.9 Å². The number of imidazole rings is 1. The van der Waals surface area contributed by atoms with Crippen molar-refractivity contribution in [2.45, 2.75) is 43.8 Å². The van der Waals surface area contributed by atoms with Crippen molar-refractivity contribution in [3.8, 4) is 0 Å². The lowest BCUT2D eigenvalue weighted by atomic mass is 10.1. The molecule has 13 heteroatoms. The van der Waals surface area contributed by atoms with E-state index in [1.54, 1.807) is 0 Å². The van der Waals surface area contributed by atoms with E-state index in [0.29, 0.717) is 12.1 Å². The molecular weight excluding hydrogens is 400 g/mol. The number of likely N-dealkylation sites (tertiary alicyclic amines) is 1. The number of aromatic nitrogens is 2. The fourth-order valence-electron chi connectivity index (χ4n) is 3.22. The average molecular weight is 424 g/mol. The third-order valence-electron chi connectivity index (χ3n) is 4.63. The topological polar surface area (TPSA) is 208 Å². The van der Waals surface area contributed by atoms with Gasteiger partial charge in [0.15, 0.2) is 0 Å². The molecule has 1 saturated heterocycles. The van der Waals surface area contributed by atoms with Crippen LogP contribution in [0.4, 0.5) is 0 Å². The maximum Gasteiger partial charge on any atom is 0.326 e. The number of nitrogens with two attached hydrogens (primary N) is 1. The summed E-state index contributed by atoms with van der Waals surface area (Å²) in [6, 6.07) is -3.61. The van der Waals surface area contributed by atoms with Gasteiger partial charge in [-0.25, -0.2) is 9.78 Å². The third-order valence-corrected chi connectivity index (χ3v) is 4.63. The highest BCUT2D eigenvalue weighted by Gasteiger charge is 2.39. The van der Waals surface area contributed by atoms with Crippen molar-refractivity contribution < 1.29 is 34.2 Å². The average Bonchev–Trinajstić information content (AvgIpc) is 3.37. The molecule has 0 spiro atoms. The minimum Gasteiger partial charge on any atom is -0.481 e. The van der Waals surface area contributed by atoms with E-state index < -0.39 is 60.8 Å². The number of nitrogens with zero attached hydrogens (tertiary/aromatic N) is 2. The fourth-order valence-corrected chi connectivity index (χ4v) is 3.22. The Bertz CT molecular complexity index is 797. The predicted octanol–water partition coefficient (Wildman–Crippen LogP) is -2.57. The van der Waals surface area contributed by atoms with Crippen LogP contribution in [0.5, 0.6) is 0 Å². The number of aromatic amines is 1. The first-order chi connectivity index (χ1) is 14.2. The van der Waals surface area contributed by atoms with E-state index in [9.17, 15) is 29.1 Å².